The Bertz CT molecular complexity index is 407. The predicted molar refractivity (Wildman–Crippen MR) is 68.8 cm³/mol. The molecule has 0 saturated carbocycles. The number of amides is 1. The van der Waals surface area contributed by atoms with Crippen molar-refractivity contribution in [1.29, 1.82) is 0 Å². The van der Waals surface area contributed by atoms with Crippen LogP contribution in [0.4, 0.5) is 4.79 Å². The molecule has 18 heavy (non-hydrogen) atoms. The van der Waals surface area contributed by atoms with Crippen LogP contribution >= 0.6 is 0 Å². The normalized spacial score (nSPS) is 11.4. The molecule has 102 valence electrons. The number of hydrogen-bond donors (Lipinski definition) is 2. The van der Waals surface area contributed by atoms with Crippen LogP contribution in [0.2, 0.25) is 0 Å². The van der Waals surface area contributed by atoms with Crippen LogP contribution in [0.5, 0.6) is 0 Å². The minimum atomic E-state index is -0.491. The second-order valence-corrected chi connectivity index (χ2v) is 5.11. The lowest BCUT2D eigenvalue weighted by Crippen LogP contribution is -2.40. The third-order valence-electron chi connectivity index (χ3n) is 2.19. The van der Waals surface area contributed by atoms with Crippen LogP contribution in [-0.2, 0) is 24.8 Å². The lowest BCUT2D eigenvalue weighted by Gasteiger charge is -2.19. The topological polar surface area (TPSA) is 68.2 Å². The standard InChI is InChI=1S/C12H22N4O2/c1-6-10-9(8-16(5)15-10)7-13-14-11(17)18-12(2,3)4/h8,13H,6-7H2,1-5H3,(H,14,17). The Labute approximate surface area is 108 Å². The van der Waals surface area contributed by atoms with Crippen molar-refractivity contribution in [3.8, 4) is 0 Å². The second kappa shape index (κ2) is 5.86. The molecule has 1 amide bonds. The highest BCUT2D eigenvalue weighted by Crippen LogP contribution is 2.07. The number of aromatic nitrogens is 2. The van der Waals surface area contributed by atoms with E-state index in [1.165, 1.54) is 0 Å². The van der Waals surface area contributed by atoms with Gasteiger partial charge in [-0.15, -0.1) is 0 Å². The van der Waals surface area contributed by atoms with Crippen LogP contribution in [-0.4, -0.2) is 21.5 Å². The van der Waals surface area contributed by atoms with Gasteiger partial charge in [-0.2, -0.15) is 5.10 Å². The van der Waals surface area contributed by atoms with Crippen molar-refractivity contribution in [3.05, 3.63) is 17.5 Å². The summed E-state index contributed by atoms with van der Waals surface area (Å²) in [6.07, 6.45) is 2.32. The van der Waals surface area contributed by atoms with E-state index in [2.05, 4.69) is 16.0 Å². The number of nitrogens with zero attached hydrogens (tertiary/aromatic N) is 2. The maximum absolute atomic E-state index is 11.4. The van der Waals surface area contributed by atoms with Crippen molar-refractivity contribution in [2.24, 2.45) is 7.05 Å². The number of hydrazine groups is 1. The van der Waals surface area contributed by atoms with E-state index < -0.39 is 11.7 Å². The van der Waals surface area contributed by atoms with E-state index in [-0.39, 0.29) is 0 Å². The molecule has 0 bridgehead atoms. The van der Waals surface area contributed by atoms with Gasteiger partial charge in [0.2, 0.25) is 0 Å². The van der Waals surface area contributed by atoms with E-state index in [4.69, 9.17) is 4.74 Å². The van der Waals surface area contributed by atoms with E-state index in [1.807, 2.05) is 40.9 Å². The van der Waals surface area contributed by atoms with Crippen LogP contribution in [0, 0.1) is 0 Å². The molecule has 1 aromatic rings. The Morgan fingerprint density at radius 3 is 2.72 bits per heavy atom. The molecule has 6 heteroatoms. The highest BCUT2D eigenvalue weighted by Gasteiger charge is 2.15. The van der Waals surface area contributed by atoms with Crippen molar-refractivity contribution >= 4 is 6.09 Å². The Morgan fingerprint density at radius 1 is 1.50 bits per heavy atom. The number of aryl methyl sites for hydroxylation is 2. The zero-order valence-corrected chi connectivity index (χ0v) is 11.7. The third kappa shape index (κ3) is 4.75. The van der Waals surface area contributed by atoms with E-state index in [1.54, 1.807) is 4.68 Å². The Balaban J connectivity index is 2.39. The van der Waals surface area contributed by atoms with Crippen LogP contribution in [0.3, 0.4) is 0 Å². The zero-order valence-electron chi connectivity index (χ0n) is 11.7. The van der Waals surface area contributed by atoms with E-state index in [0.717, 1.165) is 17.7 Å². The molecular weight excluding hydrogens is 232 g/mol. The predicted octanol–water partition coefficient (Wildman–Crippen LogP) is 1.51. The number of ether oxygens (including phenoxy) is 1. The second-order valence-electron chi connectivity index (χ2n) is 5.11. The first kappa shape index (κ1) is 14.5. The number of hydrogen-bond acceptors (Lipinski definition) is 4. The van der Waals surface area contributed by atoms with Crippen LogP contribution in [0.15, 0.2) is 6.20 Å². The summed E-state index contributed by atoms with van der Waals surface area (Å²) in [5.41, 5.74) is 6.93. The summed E-state index contributed by atoms with van der Waals surface area (Å²) in [5.74, 6) is 0. The molecule has 0 atom stereocenters. The molecule has 0 saturated heterocycles. The molecule has 0 unspecified atom stereocenters. The molecule has 0 fully saturated rings. The maximum atomic E-state index is 11.4. The van der Waals surface area contributed by atoms with Gasteiger partial charge in [0.05, 0.1) is 5.69 Å². The Morgan fingerprint density at radius 2 is 2.17 bits per heavy atom. The lowest BCUT2D eigenvalue weighted by atomic mass is 10.2. The first-order valence-electron chi connectivity index (χ1n) is 6.05. The fourth-order valence-electron chi connectivity index (χ4n) is 1.54. The summed E-state index contributed by atoms with van der Waals surface area (Å²) in [6.45, 7) is 8.04. The number of nitrogens with one attached hydrogen (secondary N) is 2. The quantitative estimate of drug-likeness (QED) is 0.799. The number of rotatable bonds is 4. The van der Waals surface area contributed by atoms with Crippen molar-refractivity contribution in [2.45, 2.75) is 46.3 Å². The van der Waals surface area contributed by atoms with E-state index >= 15 is 0 Å². The monoisotopic (exact) mass is 254 g/mol. The molecule has 0 aliphatic carbocycles. The molecule has 0 aromatic carbocycles. The molecular formula is C12H22N4O2. The maximum Gasteiger partial charge on any atom is 0.422 e. The highest BCUT2D eigenvalue weighted by molar-refractivity contribution is 5.66. The molecule has 1 heterocycles. The van der Waals surface area contributed by atoms with E-state index in [0.29, 0.717) is 6.54 Å². The van der Waals surface area contributed by atoms with Crippen LogP contribution in [0.25, 0.3) is 0 Å². The molecule has 0 aliphatic heterocycles. The number of carbonyl (C=O) groups is 1. The van der Waals surface area contributed by atoms with Crippen LogP contribution in [0.1, 0.15) is 39.0 Å². The van der Waals surface area contributed by atoms with Crippen LogP contribution < -0.4 is 10.9 Å². The first-order valence-corrected chi connectivity index (χ1v) is 6.05. The first-order chi connectivity index (χ1) is 8.31. The summed E-state index contributed by atoms with van der Waals surface area (Å²) >= 11 is 0. The molecule has 1 aromatic heterocycles. The van der Waals surface area contributed by atoms with Gasteiger partial charge >= 0.3 is 6.09 Å². The van der Waals surface area contributed by atoms with E-state index in [9.17, 15) is 4.79 Å². The average molecular weight is 254 g/mol. The summed E-state index contributed by atoms with van der Waals surface area (Å²) in [5, 5.41) is 4.32. The summed E-state index contributed by atoms with van der Waals surface area (Å²) in [4.78, 5) is 11.4. The van der Waals surface area contributed by atoms with Gasteiger partial charge in [0.15, 0.2) is 0 Å². The molecule has 0 spiro atoms. The fourth-order valence-corrected chi connectivity index (χ4v) is 1.54. The minimum Gasteiger partial charge on any atom is -0.443 e. The van der Waals surface area contributed by atoms with Crippen molar-refractivity contribution in [3.63, 3.8) is 0 Å². The molecule has 2 N–H and O–H groups in total. The molecule has 1 rings (SSSR count). The Hall–Kier alpha value is -1.56. The summed E-state index contributed by atoms with van der Waals surface area (Å²) in [6, 6.07) is 0. The van der Waals surface area contributed by atoms with Gasteiger partial charge in [0, 0.05) is 25.4 Å². The van der Waals surface area contributed by atoms with Gasteiger partial charge in [-0.1, -0.05) is 6.92 Å². The average Bonchev–Trinajstić information content (AvgIpc) is 2.56. The highest BCUT2D eigenvalue weighted by atomic mass is 16.6. The van der Waals surface area contributed by atoms with Gasteiger partial charge in [-0.25, -0.2) is 10.2 Å². The Kier molecular flexibility index (Phi) is 4.72. The van der Waals surface area contributed by atoms with Crippen molar-refractivity contribution in [1.82, 2.24) is 20.6 Å². The number of carbonyl (C=O) groups excluding carboxylic acids is 1. The van der Waals surface area contributed by atoms with Gasteiger partial charge in [-0.3, -0.25) is 10.1 Å². The minimum absolute atomic E-state index is 0.482. The van der Waals surface area contributed by atoms with Gasteiger partial charge in [-0.05, 0) is 27.2 Å². The molecule has 0 radical (unpaired) electrons. The third-order valence-corrected chi connectivity index (χ3v) is 2.19. The summed E-state index contributed by atoms with van der Waals surface area (Å²) in [7, 11) is 1.88. The molecule has 6 nitrogen and oxygen atoms in total. The van der Waals surface area contributed by atoms with Gasteiger partial charge in [0.1, 0.15) is 5.60 Å². The largest absolute Gasteiger partial charge is 0.443 e. The van der Waals surface area contributed by atoms with Gasteiger partial charge in [0.25, 0.3) is 0 Å². The smallest absolute Gasteiger partial charge is 0.422 e. The zero-order chi connectivity index (χ0) is 13.8. The van der Waals surface area contributed by atoms with Gasteiger partial charge < -0.3 is 4.74 Å². The van der Waals surface area contributed by atoms with Crippen molar-refractivity contribution < 1.29 is 9.53 Å². The molecule has 0 aliphatic rings. The SMILES string of the molecule is CCc1nn(C)cc1CNNC(=O)OC(C)(C)C. The summed E-state index contributed by atoms with van der Waals surface area (Å²) < 4.78 is 6.87. The lowest BCUT2D eigenvalue weighted by molar-refractivity contribution is 0.0497. The van der Waals surface area contributed by atoms with Crippen molar-refractivity contribution in [2.75, 3.05) is 0 Å². The fraction of sp³-hybridized carbons (Fsp3) is 0.667.